The highest BCUT2D eigenvalue weighted by Crippen LogP contribution is 2.38. The van der Waals surface area contributed by atoms with E-state index in [-0.39, 0.29) is 33.8 Å². The lowest BCUT2D eigenvalue weighted by Crippen LogP contribution is -2.06. The fourth-order valence-electron chi connectivity index (χ4n) is 3.42. The van der Waals surface area contributed by atoms with Gasteiger partial charge >= 0.3 is 5.63 Å². The van der Waals surface area contributed by atoms with Crippen LogP contribution in [0, 0.1) is 11.6 Å². The molecule has 3 aromatic heterocycles. The molecule has 142 valence electrons. The van der Waals surface area contributed by atoms with Crippen molar-refractivity contribution in [1.29, 1.82) is 0 Å². The summed E-state index contributed by atoms with van der Waals surface area (Å²) in [5, 5.41) is 11.2. The van der Waals surface area contributed by atoms with Crippen molar-refractivity contribution in [2.24, 2.45) is 0 Å². The topological polar surface area (TPSA) is 67.7 Å². The summed E-state index contributed by atoms with van der Waals surface area (Å²) >= 11 is 0. The molecule has 0 fully saturated rings. The second-order valence-corrected chi connectivity index (χ2v) is 6.48. The number of rotatable bonds is 2. The van der Waals surface area contributed by atoms with Crippen molar-refractivity contribution >= 4 is 16.6 Å². The van der Waals surface area contributed by atoms with Crippen LogP contribution in [0.5, 0.6) is 5.75 Å². The number of para-hydroxylation sites is 1. The van der Waals surface area contributed by atoms with Crippen LogP contribution in [-0.2, 0) is 0 Å². The van der Waals surface area contributed by atoms with Crippen LogP contribution in [0.15, 0.2) is 76.1 Å². The Morgan fingerprint density at radius 1 is 0.966 bits per heavy atom. The Kier molecular flexibility index (Phi) is 3.70. The normalized spacial score (nSPS) is 11.4. The molecule has 5 rings (SSSR count). The van der Waals surface area contributed by atoms with Gasteiger partial charge in [-0.2, -0.15) is 0 Å². The number of nitrogens with zero attached hydrogens (tertiary/aromatic N) is 2. The van der Waals surface area contributed by atoms with Crippen LogP contribution in [-0.4, -0.2) is 14.5 Å². The van der Waals surface area contributed by atoms with E-state index in [2.05, 4.69) is 4.98 Å². The van der Waals surface area contributed by atoms with Crippen molar-refractivity contribution in [2.75, 3.05) is 0 Å². The van der Waals surface area contributed by atoms with Gasteiger partial charge in [0.05, 0.1) is 16.8 Å². The molecule has 0 aliphatic carbocycles. The van der Waals surface area contributed by atoms with Gasteiger partial charge in [-0.25, -0.2) is 18.6 Å². The minimum Gasteiger partial charge on any atom is -0.506 e. The van der Waals surface area contributed by atoms with E-state index in [0.717, 1.165) is 12.1 Å². The van der Waals surface area contributed by atoms with Gasteiger partial charge in [-0.05, 0) is 42.5 Å². The Morgan fingerprint density at radius 3 is 2.59 bits per heavy atom. The quantitative estimate of drug-likeness (QED) is 0.442. The molecule has 0 spiro atoms. The van der Waals surface area contributed by atoms with E-state index >= 15 is 0 Å². The molecule has 7 heteroatoms. The van der Waals surface area contributed by atoms with Crippen molar-refractivity contribution in [1.82, 2.24) is 9.38 Å². The summed E-state index contributed by atoms with van der Waals surface area (Å²) in [5.74, 6) is -2.31. The summed E-state index contributed by atoms with van der Waals surface area (Å²) < 4.78 is 34.3. The molecule has 1 N–H and O–H groups in total. The minimum absolute atomic E-state index is 0.109. The molecule has 0 bridgehead atoms. The number of aromatic nitrogens is 2. The van der Waals surface area contributed by atoms with E-state index in [0.29, 0.717) is 11.0 Å². The summed E-state index contributed by atoms with van der Waals surface area (Å²) in [5.41, 5.74) is 0.528. The molecular weight excluding hydrogens is 378 g/mol. The maximum atomic E-state index is 13.9. The maximum absolute atomic E-state index is 13.9. The van der Waals surface area contributed by atoms with Gasteiger partial charge in [0, 0.05) is 11.8 Å². The SMILES string of the molecule is O=c1oc2ccccc2c(O)c1-c1c(-c2ccc(F)c(F)c2)nc2ccccn12. The lowest BCUT2D eigenvalue weighted by atomic mass is 10.0. The lowest BCUT2D eigenvalue weighted by Gasteiger charge is -2.09. The van der Waals surface area contributed by atoms with E-state index < -0.39 is 17.3 Å². The highest BCUT2D eigenvalue weighted by atomic mass is 19.2. The van der Waals surface area contributed by atoms with Crippen molar-refractivity contribution in [3.8, 4) is 28.3 Å². The summed E-state index contributed by atoms with van der Waals surface area (Å²) in [6, 6.07) is 15.1. The van der Waals surface area contributed by atoms with Crippen molar-refractivity contribution in [3.63, 3.8) is 0 Å². The van der Waals surface area contributed by atoms with Crippen molar-refractivity contribution in [3.05, 3.63) is 88.9 Å². The number of imidazole rings is 1. The molecular formula is C22H12F2N2O3. The third-order valence-corrected chi connectivity index (χ3v) is 4.75. The fourth-order valence-corrected chi connectivity index (χ4v) is 3.42. The summed E-state index contributed by atoms with van der Waals surface area (Å²) in [6.07, 6.45) is 1.66. The number of halogens is 2. The van der Waals surface area contributed by atoms with Crippen LogP contribution < -0.4 is 5.63 Å². The summed E-state index contributed by atoms with van der Waals surface area (Å²) in [6.45, 7) is 0. The van der Waals surface area contributed by atoms with Crippen LogP contribution in [0.4, 0.5) is 8.78 Å². The Morgan fingerprint density at radius 2 is 1.76 bits per heavy atom. The zero-order chi connectivity index (χ0) is 20.1. The third-order valence-electron chi connectivity index (χ3n) is 4.75. The Bertz CT molecular complexity index is 1470. The zero-order valence-electron chi connectivity index (χ0n) is 14.8. The highest BCUT2D eigenvalue weighted by molar-refractivity contribution is 5.93. The van der Waals surface area contributed by atoms with Gasteiger partial charge in [0.1, 0.15) is 22.5 Å². The third kappa shape index (κ3) is 2.59. The first-order valence-electron chi connectivity index (χ1n) is 8.72. The molecule has 0 amide bonds. The van der Waals surface area contributed by atoms with E-state index in [4.69, 9.17) is 4.42 Å². The zero-order valence-corrected chi connectivity index (χ0v) is 14.8. The number of aromatic hydroxyl groups is 1. The van der Waals surface area contributed by atoms with Gasteiger partial charge in [-0.1, -0.05) is 18.2 Å². The predicted octanol–water partition coefficient (Wildman–Crippen LogP) is 4.76. The van der Waals surface area contributed by atoms with Crippen molar-refractivity contribution in [2.45, 2.75) is 0 Å². The first-order valence-corrected chi connectivity index (χ1v) is 8.72. The molecule has 0 saturated carbocycles. The molecule has 0 unspecified atom stereocenters. The van der Waals surface area contributed by atoms with Gasteiger partial charge in [0.25, 0.3) is 0 Å². The Labute approximate surface area is 162 Å². The molecule has 5 nitrogen and oxygen atoms in total. The lowest BCUT2D eigenvalue weighted by molar-refractivity contribution is 0.471. The van der Waals surface area contributed by atoms with E-state index in [9.17, 15) is 18.7 Å². The molecule has 3 heterocycles. The molecule has 5 aromatic rings. The highest BCUT2D eigenvalue weighted by Gasteiger charge is 2.24. The second-order valence-electron chi connectivity index (χ2n) is 6.48. The van der Waals surface area contributed by atoms with Gasteiger partial charge in [0.2, 0.25) is 0 Å². The first kappa shape index (κ1) is 17.1. The number of hydrogen-bond donors (Lipinski definition) is 1. The minimum atomic E-state index is -1.04. The van der Waals surface area contributed by atoms with E-state index in [1.54, 1.807) is 53.1 Å². The van der Waals surface area contributed by atoms with Gasteiger partial charge in [-0.3, -0.25) is 4.40 Å². The largest absolute Gasteiger partial charge is 0.506 e. The maximum Gasteiger partial charge on any atom is 0.349 e. The van der Waals surface area contributed by atoms with Crippen molar-refractivity contribution < 1.29 is 18.3 Å². The average molecular weight is 390 g/mol. The van der Waals surface area contributed by atoms with Crippen LogP contribution >= 0.6 is 0 Å². The Balaban J connectivity index is 1.92. The molecule has 2 aromatic carbocycles. The van der Waals surface area contributed by atoms with Crippen LogP contribution in [0.1, 0.15) is 0 Å². The van der Waals surface area contributed by atoms with Gasteiger partial charge in [0.15, 0.2) is 11.6 Å². The molecule has 29 heavy (non-hydrogen) atoms. The standard InChI is InChI=1S/C22H12F2N2O3/c23-14-9-8-12(11-15(14)24)19-20(26-10-4-3-7-17(26)25-19)18-21(27)13-5-1-2-6-16(13)29-22(18)28/h1-11,27H. The van der Waals surface area contributed by atoms with Crippen LogP contribution in [0.2, 0.25) is 0 Å². The number of fused-ring (bicyclic) bond motifs is 2. The van der Waals surface area contributed by atoms with Crippen LogP contribution in [0.25, 0.3) is 39.1 Å². The Hall–Kier alpha value is -4.00. The van der Waals surface area contributed by atoms with Gasteiger partial charge in [-0.15, -0.1) is 0 Å². The molecule has 0 aliphatic heterocycles. The predicted molar refractivity (Wildman–Crippen MR) is 104 cm³/mol. The van der Waals surface area contributed by atoms with E-state index in [1.165, 1.54) is 6.07 Å². The second kappa shape index (κ2) is 6.27. The molecule has 0 aliphatic rings. The fraction of sp³-hybridized carbons (Fsp3) is 0. The van der Waals surface area contributed by atoms with Crippen LogP contribution in [0.3, 0.4) is 0 Å². The molecule has 0 radical (unpaired) electrons. The molecule has 0 atom stereocenters. The average Bonchev–Trinajstić information content (AvgIpc) is 3.09. The monoisotopic (exact) mass is 390 g/mol. The summed E-state index contributed by atoms with van der Waals surface area (Å²) in [4.78, 5) is 17.3. The smallest absolute Gasteiger partial charge is 0.349 e. The number of hydrogen-bond acceptors (Lipinski definition) is 4. The first-order chi connectivity index (χ1) is 14.0. The van der Waals surface area contributed by atoms with Gasteiger partial charge < -0.3 is 9.52 Å². The number of benzene rings is 2. The number of pyridine rings is 1. The molecule has 0 saturated heterocycles. The van der Waals surface area contributed by atoms with E-state index in [1.807, 2.05) is 0 Å². The summed E-state index contributed by atoms with van der Waals surface area (Å²) in [7, 11) is 0.